The molecule has 122 valence electrons. The van der Waals surface area contributed by atoms with Crippen molar-refractivity contribution in [3.8, 4) is 0 Å². The van der Waals surface area contributed by atoms with E-state index in [0.29, 0.717) is 10.7 Å². The van der Waals surface area contributed by atoms with Crippen molar-refractivity contribution in [2.45, 2.75) is 18.4 Å². The summed E-state index contributed by atoms with van der Waals surface area (Å²) in [5, 5.41) is 14.8. The molecule has 0 amide bonds. The fourth-order valence-electron chi connectivity index (χ4n) is 3.78. The molecule has 2 aromatic carbocycles. The number of fused-ring (bicyclic) bond motifs is 3. The molecule has 2 aromatic rings. The number of benzene rings is 2. The van der Waals surface area contributed by atoms with E-state index in [1.54, 1.807) is 12.1 Å². The molecule has 0 aromatic heterocycles. The van der Waals surface area contributed by atoms with Crippen molar-refractivity contribution in [3.63, 3.8) is 0 Å². The van der Waals surface area contributed by atoms with Crippen molar-refractivity contribution >= 4 is 23.0 Å². The maximum Gasteiger partial charge on any atom is 0.271 e. The second kappa shape index (κ2) is 5.60. The Bertz CT molecular complexity index is 868. The molecule has 0 bridgehead atoms. The minimum absolute atomic E-state index is 0.0104. The minimum atomic E-state index is -0.432. The van der Waals surface area contributed by atoms with Gasteiger partial charge in [-0.25, -0.2) is 4.39 Å². The Hall–Kier alpha value is -2.40. The lowest BCUT2D eigenvalue weighted by Gasteiger charge is -2.37. The van der Waals surface area contributed by atoms with Crippen LogP contribution in [-0.2, 0) is 0 Å². The first kappa shape index (κ1) is 15.1. The van der Waals surface area contributed by atoms with E-state index in [1.165, 1.54) is 18.2 Å². The second-order valence-electron chi connectivity index (χ2n) is 6.18. The van der Waals surface area contributed by atoms with Crippen LogP contribution in [0.1, 0.15) is 29.5 Å². The SMILES string of the molecule is O=[N+]([O-])c1cc(Cl)c2c(c1)[C@@H]1C=CC[C@@H]1[C@@H](c1cccc(F)c1)N2. The van der Waals surface area contributed by atoms with E-state index in [1.807, 2.05) is 6.07 Å². The summed E-state index contributed by atoms with van der Waals surface area (Å²) in [6.45, 7) is 0. The summed E-state index contributed by atoms with van der Waals surface area (Å²) in [7, 11) is 0. The van der Waals surface area contributed by atoms with Gasteiger partial charge in [0.1, 0.15) is 5.82 Å². The van der Waals surface area contributed by atoms with Crippen LogP contribution in [0, 0.1) is 21.8 Å². The molecule has 1 heterocycles. The Morgan fingerprint density at radius 2 is 2.12 bits per heavy atom. The van der Waals surface area contributed by atoms with Gasteiger partial charge in [0.05, 0.1) is 21.7 Å². The molecule has 0 spiro atoms. The summed E-state index contributed by atoms with van der Waals surface area (Å²) < 4.78 is 13.6. The first-order chi connectivity index (χ1) is 11.5. The molecule has 1 N–H and O–H groups in total. The number of halogens is 2. The van der Waals surface area contributed by atoms with Crippen molar-refractivity contribution in [1.82, 2.24) is 0 Å². The number of nitrogens with one attached hydrogen (secondary N) is 1. The van der Waals surface area contributed by atoms with E-state index in [2.05, 4.69) is 17.5 Å². The number of non-ortho nitro benzene ring substituents is 1. The van der Waals surface area contributed by atoms with Gasteiger partial charge >= 0.3 is 0 Å². The number of anilines is 1. The van der Waals surface area contributed by atoms with E-state index in [9.17, 15) is 14.5 Å². The Kier molecular flexibility index (Phi) is 3.53. The molecule has 4 nitrogen and oxygen atoms in total. The van der Waals surface area contributed by atoms with Crippen LogP contribution in [0.4, 0.5) is 15.8 Å². The standard InChI is InChI=1S/C18H14ClFN2O2/c19-16-9-12(22(23)24)8-15-13-5-2-6-14(13)17(21-18(15)16)10-3-1-4-11(20)7-10/h1-5,7-9,13-14,17,21H,6H2/t13-,14+,17-/m1/s1. The lowest BCUT2D eigenvalue weighted by molar-refractivity contribution is -0.384. The zero-order valence-electron chi connectivity index (χ0n) is 12.6. The van der Waals surface area contributed by atoms with E-state index in [-0.39, 0.29) is 29.4 Å². The maximum atomic E-state index is 13.6. The molecule has 2 aliphatic rings. The predicted octanol–water partition coefficient (Wildman–Crippen LogP) is 5.21. The van der Waals surface area contributed by atoms with Gasteiger partial charge in [-0.15, -0.1) is 0 Å². The number of allylic oxidation sites excluding steroid dienone is 2. The van der Waals surface area contributed by atoms with Gasteiger partial charge in [-0.1, -0.05) is 35.9 Å². The molecule has 0 saturated carbocycles. The van der Waals surface area contributed by atoms with Crippen molar-refractivity contribution in [1.29, 1.82) is 0 Å². The highest BCUT2D eigenvalue weighted by Gasteiger charge is 2.39. The van der Waals surface area contributed by atoms with Gasteiger partial charge in [-0.05, 0) is 35.6 Å². The van der Waals surface area contributed by atoms with Crippen LogP contribution in [0.2, 0.25) is 5.02 Å². The smallest absolute Gasteiger partial charge is 0.271 e. The van der Waals surface area contributed by atoms with E-state index < -0.39 is 4.92 Å². The Balaban J connectivity index is 1.83. The summed E-state index contributed by atoms with van der Waals surface area (Å²) in [6.07, 6.45) is 4.97. The highest BCUT2D eigenvalue weighted by atomic mass is 35.5. The highest BCUT2D eigenvalue weighted by Crippen LogP contribution is 2.52. The van der Waals surface area contributed by atoms with E-state index >= 15 is 0 Å². The number of hydrogen-bond donors (Lipinski definition) is 1. The van der Waals surface area contributed by atoms with Crippen LogP contribution in [0.15, 0.2) is 48.6 Å². The quantitative estimate of drug-likeness (QED) is 0.462. The van der Waals surface area contributed by atoms with Crippen molar-refractivity contribution < 1.29 is 9.31 Å². The molecule has 0 unspecified atom stereocenters. The van der Waals surface area contributed by atoms with Crippen molar-refractivity contribution in [2.24, 2.45) is 5.92 Å². The highest BCUT2D eigenvalue weighted by molar-refractivity contribution is 6.33. The molecule has 1 aliphatic heterocycles. The van der Waals surface area contributed by atoms with Gasteiger partial charge in [-0.2, -0.15) is 0 Å². The fraction of sp³-hybridized carbons (Fsp3) is 0.222. The van der Waals surface area contributed by atoms with Gasteiger partial charge < -0.3 is 5.32 Å². The number of nitro benzene ring substituents is 1. The average molecular weight is 345 g/mol. The largest absolute Gasteiger partial charge is 0.376 e. The lowest BCUT2D eigenvalue weighted by atomic mass is 9.77. The summed E-state index contributed by atoms with van der Waals surface area (Å²) in [4.78, 5) is 10.7. The average Bonchev–Trinajstić information content (AvgIpc) is 3.04. The molecule has 0 fully saturated rings. The summed E-state index contributed by atoms with van der Waals surface area (Å²) >= 11 is 6.30. The van der Waals surface area contributed by atoms with Crippen LogP contribution in [0.5, 0.6) is 0 Å². The third-order valence-electron chi connectivity index (χ3n) is 4.82. The normalized spacial score (nSPS) is 24.2. The monoisotopic (exact) mass is 344 g/mol. The molecule has 0 saturated heterocycles. The molecule has 4 rings (SSSR count). The number of nitro groups is 1. The first-order valence-corrected chi connectivity index (χ1v) is 8.09. The third-order valence-corrected chi connectivity index (χ3v) is 5.12. The second-order valence-corrected chi connectivity index (χ2v) is 6.59. The Labute approximate surface area is 143 Å². The molecular weight excluding hydrogens is 331 g/mol. The molecule has 3 atom stereocenters. The summed E-state index contributed by atoms with van der Waals surface area (Å²) in [6, 6.07) is 9.38. The van der Waals surface area contributed by atoms with Crippen LogP contribution < -0.4 is 5.32 Å². The van der Waals surface area contributed by atoms with Crippen molar-refractivity contribution in [2.75, 3.05) is 5.32 Å². The molecule has 24 heavy (non-hydrogen) atoms. The van der Waals surface area contributed by atoms with Crippen molar-refractivity contribution in [3.05, 3.63) is 80.6 Å². The van der Waals surface area contributed by atoms with Gasteiger partial charge in [0.25, 0.3) is 5.69 Å². The van der Waals surface area contributed by atoms with Gasteiger partial charge in [0.15, 0.2) is 0 Å². The molecule has 6 heteroatoms. The first-order valence-electron chi connectivity index (χ1n) is 7.71. The Morgan fingerprint density at radius 1 is 1.29 bits per heavy atom. The van der Waals surface area contributed by atoms with Gasteiger partial charge in [0.2, 0.25) is 0 Å². The molecular formula is C18H14ClFN2O2. The van der Waals surface area contributed by atoms with E-state index in [4.69, 9.17) is 11.6 Å². The van der Waals surface area contributed by atoms with Gasteiger partial charge in [0, 0.05) is 18.1 Å². The fourth-order valence-corrected chi connectivity index (χ4v) is 4.05. The zero-order chi connectivity index (χ0) is 16.8. The molecule has 0 radical (unpaired) electrons. The minimum Gasteiger partial charge on any atom is -0.376 e. The zero-order valence-corrected chi connectivity index (χ0v) is 13.3. The van der Waals surface area contributed by atoms with Gasteiger partial charge in [-0.3, -0.25) is 10.1 Å². The predicted molar refractivity (Wildman–Crippen MR) is 90.9 cm³/mol. The number of rotatable bonds is 2. The van der Waals surface area contributed by atoms with E-state index in [0.717, 1.165) is 17.5 Å². The third kappa shape index (κ3) is 2.36. The summed E-state index contributed by atoms with van der Waals surface area (Å²) in [5.41, 5.74) is 2.38. The Morgan fingerprint density at radius 3 is 2.88 bits per heavy atom. The number of nitrogens with zero attached hydrogens (tertiary/aromatic N) is 1. The molecule has 1 aliphatic carbocycles. The van der Waals surface area contributed by atoms with Crippen LogP contribution in [0.3, 0.4) is 0 Å². The van der Waals surface area contributed by atoms with Crippen LogP contribution >= 0.6 is 11.6 Å². The number of hydrogen-bond acceptors (Lipinski definition) is 3. The topological polar surface area (TPSA) is 55.2 Å². The van der Waals surface area contributed by atoms with Crippen LogP contribution in [-0.4, -0.2) is 4.92 Å². The lowest BCUT2D eigenvalue weighted by Crippen LogP contribution is -2.29. The summed E-state index contributed by atoms with van der Waals surface area (Å²) in [5.74, 6) is -0.0679. The van der Waals surface area contributed by atoms with Crippen LogP contribution in [0.25, 0.3) is 0 Å². The maximum absolute atomic E-state index is 13.6.